The number of rotatable bonds is 4. The third-order valence-corrected chi connectivity index (χ3v) is 4.61. The molecule has 27 heavy (non-hydrogen) atoms. The van der Waals surface area contributed by atoms with Gasteiger partial charge in [0.15, 0.2) is 17.2 Å². The number of aryl methyl sites for hydroxylation is 1. The van der Waals surface area contributed by atoms with Crippen LogP contribution in [0.25, 0.3) is 5.65 Å². The topological polar surface area (TPSA) is 101 Å². The van der Waals surface area contributed by atoms with E-state index in [1.165, 1.54) is 0 Å². The number of aromatic nitrogens is 5. The van der Waals surface area contributed by atoms with Gasteiger partial charge in [-0.2, -0.15) is 4.52 Å². The minimum Gasteiger partial charge on any atom is -0.361 e. The van der Waals surface area contributed by atoms with E-state index in [0.29, 0.717) is 23.9 Å². The lowest BCUT2D eigenvalue weighted by molar-refractivity contribution is 0.0935. The zero-order valence-corrected chi connectivity index (χ0v) is 15.9. The first-order valence-corrected chi connectivity index (χ1v) is 9.00. The Hall–Kier alpha value is -2.97. The summed E-state index contributed by atoms with van der Waals surface area (Å²) in [6.07, 6.45) is 0. The van der Waals surface area contributed by atoms with Gasteiger partial charge >= 0.3 is 0 Å². The molecule has 0 unspecified atom stereocenters. The summed E-state index contributed by atoms with van der Waals surface area (Å²) >= 11 is 0. The van der Waals surface area contributed by atoms with Crippen LogP contribution in [0, 0.1) is 12.8 Å². The lowest BCUT2D eigenvalue weighted by Gasteiger charge is -2.40. The van der Waals surface area contributed by atoms with Crippen LogP contribution in [-0.2, 0) is 5.41 Å². The highest BCUT2D eigenvalue weighted by Crippen LogP contribution is 2.25. The number of hydrogen-bond donors (Lipinski definition) is 1. The fourth-order valence-corrected chi connectivity index (χ4v) is 3.10. The van der Waals surface area contributed by atoms with Crippen molar-refractivity contribution in [2.24, 2.45) is 5.92 Å². The Morgan fingerprint density at radius 1 is 1.30 bits per heavy atom. The predicted molar refractivity (Wildman–Crippen MR) is 98.8 cm³/mol. The van der Waals surface area contributed by atoms with Gasteiger partial charge in [0.25, 0.3) is 5.91 Å². The first-order chi connectivity index (χ1) is 12.8. The third kappa shape index (κ3) is 3.36. The molecule has 1 aliphatic rings. The van der Waals surface area contributed by atoms with Crippen LogP contribution < -0.4 is 10.2 Å². The quantitative estimate of drug-likeness (QED) is 0.745. The zero-order valence-electron chi connectivity index (χ0n) is 15.9. The van der Waals surface area contributed by atoms with Gasteiger partial charge in [0, 0.05) is 37.0 Å². The number of carbonyl (C=O) groups excluding carboxylic acids is 1. The number of fused-ring (bicyclic) bond motifs is 1. The molecule has 0 aromatic carbocycles. The van der Waals surface area contributed by atoms with E-state index in [9.17, 15) is 4.79 Å². The number of carbonyl (C=O) groups is 1. The normalized spacial score (nSPS) is 15.2. The summed E-state index contributed by atoms with van der Waals surface area (Å²) in [5.74, 6) is 2.53. The monoisotopic (exact) mass is 369 g/mol. The summed E-state index contributed by atoms with van der Waals surface area (Å²) in [6.45, 7) is 10.3. The molecule has 1 fully saturated rings. The van der Waals surface area contributed by atoms with Crippen LogP contribution in [0.4, 0.5) is 5.82 Å². The fourth-order valence-electron chi connectivity index (χ4n) is 3.10. The van der Waals surface area contributed by atoms with E-state index in [0.717, 1.165) is 30.4 Å². The minimum atomic E-state index is -0.204. The van der Waals surface area contributed by atoms with E-state index in [2.05, 4.69) is 46.3 Å². The summed E-state index contributed by atoms with van der Waals surface area (Å²) in [7, 11) is 0. The van der Waals surface area contributed by atoms with Crippen molar-refractivity contribution in [2.45, 2.75) is 33.1 Å². The van der Waals surface area contributed by atoms with Crippen molar-refractivity contribution in [3.8, 4) is 0 Å². The minimum absolute atomic E-state index is 0.133. The van der Waals surface area contributed by atoms with Crippen LogP contribution in [0.15, 0.2) is 22.7 Å². The summed E-state index contributed by atoms with van der Waals surface area (Å²) in [5.41, 5.74) is 0.931. The van der Waals surface area contributed by atoms with Crippen molar-refractivity contribution in [1.82, 2.24) is 30.3 Å². The van der Waals surface area contributed by atoms with Crippen LogP contribution in [0.5, 0.6) is 0 Å². The standard InChI is InChI=1S/C18H23N7O2/c1-11-7-13(23-27-11)16(26)19-8-12-9-24(10-12)15-6-5-14-20-21-17(18(2,3)4)25(14)22-15/h5-7,12H,8-10H2,1-4H3,(H,19,26). The SMILES string of the molecule is Cc1cc(C(=O)NCC2CN(c3ccc4nnc(C(C)(C)C)n4n3)C2)no1. The molecule has 0 bridgehead atoms. The molecule has 1 amide bonds. The second kappa shape index (κ2) is 6.33. The van der Waals surface area contributed by atoms with Gasteiger partial charge in [0.2, 0.25) is 0 Å². The van der Waals surface area contributed by atoms with Gasteiger partial charge in [-0.05, 0) is 19.1 Å². The lowest BCUT2D eigenvalue weighted by Crippen LogP contribution is -2.52. The van der Waals surface area contributed by atoms with E-state index >= 15 is 0 Å². The molecule has 142 valence electrons. The Labute approximate surface area is 156 Å². The van der Waals surface area contributed by atoms with Gasteiger partial charge in [-0.3, -0.25) is 4.79 Å². The number of nitrogens with one attached hydrogen (secondary N) is 1. The maximum Gasteiger partial charge on any atom is 0.273 e. The summed E-state index contributed by atoms with van der Waals surface area (Å²) in [4.78, 5) is 14.2. The second-order valence-electron chi connectivity index (χ2n) is 8.04. The Balaban J connectivity index is 1.37. The summed E-state index contributed by atoms with van der Waals surface area (Å²) in [6, 6.07) is 5.53. The van der Waals surface area contributed by atoms with E-state index < -0.39 is 0 Å². The van der Waals surface area contributed by atoms with Crippen molar-refractivity contribution in [3.05, 3.63) is 35.5 Å². The van der Waals surface area contributed by atoms with E-state index in [-0.39, 0.29) is 11.3 Å². The Morgan fingerprint density at radius 2 is 2.07 bits per heavy atom. The van der Waals surface area contributed by atoms with Crippen LogP contribution in [0.3, 0.4) is 0 Å². The molecule has 0 atom stereocenters. The third-order valence-electron chi connectivity index (χ3n) is 4.61. The van der Waals surface area contributed by atoms with Crippen LogP contribution >= 0.6 is 0 Å². The Bertz CT molecular complexity index is 979. The largest absolute Gasteiger partial charge is 0.361 e. The first kappa shape index (κ1) is 17.4. The van der Waals surface area contributed by atoms with E-state index in [1.54, 1.807) is 13.0 Å². The van der Waals surface area contributed by atoms with Crippen molar-refractivity contribution in [2.75, 3.05) is 24.5 Å². The van der Waals surface area contributed by atoms with E-state index in [4.69, 9.17) is 9.62 Å². The molecule has 3 aromatic heterocycles. The second-order valence-corrected chi connectivity index (χ2v) is 8.04. The summed E-state index contributed by atoms with van der Waals surface area (Å²) < 4.78 is 6.75. The molecule has 9 heteroatoms. The molecule has 1 aliphatic heterocycles. The predicted octanol–water partition coefficient (Wildman–Crippen LogP) is 1.58. The molecule has 1 N–H and O–H groups in total. The van der Waals surface area contributed by atoms with Crippen molar-refractivity contribution < 1.29 is 9.32 Å². The maximum atomic E-state index is 12.0. The van der Waals surface area contributed by atoms with Crippen molar-refractivity contribution in [1.29, 1.82) is 0 Å². The van der Waals surface area contributed by atoms with Crippen LogP contribution in [-0.4, -0.2) is 50.5 Å². The lowest BCUT2D eigenvalue weighted by atomic mass is 9.96. The number of amides is 1. The average molecular weight is 369 g/mol. The Morgan fingerprint density at radius 3 is 2.74 bits per heavy atom. The smallest absolute Gasteiger partial charge is 0.273 e. The highest BCUT2D eigenvalue weighted by molar-refractivity contribution is 5.92. The molecular weight excluding hydrogens is 346 g/mol. The molecule has 0 aliphatic carbocycles. The number of anilines is 1. The van der Waals surface area contributed by atoms with Crippen LogP contribution in [0.1, 0.15) is 42.8 Å². The van der Waals surface area contributed by atoms with Gasteiger partial charge in [0.1, 0.15) is 11.6 Å². The molecule has 9 nitrogen and oxygen atoms in total. The highest BCUT2D eigenvalue weighted by Gasteiger charge is 2.29. The van der Waals surface area contributed by atoms with Gasteiger partial charge in [-0.1, -0.05) is 25.9 Å². The van der Waals surface area contributed by atoms with Gasteiger partial charge in [-0.25, -0.2) is 0 Å². The van der Waals surface area contributed by atoms with Gasteiger partial charge in [-0.15, -0.1) is 15.3 Å². The van der Waals surface area contributed by atoms with Crippen LogP contribution in [0.2, 0.25) is 0 Å². The van der Waals surface area contributed by atoms with E-state index in [1.807, 2.05) is 16.6 Å². The number of hydrogen-bond acceptors (Lipinski definition) is 7. The number of nitrogens with zero attached hydrogens (tertiary/aromatic N) is 6. The molecule has 4 rings (SSSR count). The fraction of sp³-hybridized carbons (Fsp3) is 0.500. The molecule has 4 heterocycles. The Kier molecular flexibility index (Phi) is 4.09. The zero-order chi connectivity index (χ0) is 19.2. The molecule has 0 saturated carbocycles. The highest BCUT2D eigenvalue weighted by atomic mass is 16.5. The van der Waals surface area contributed by atoms with Gasteiger partial charge in [0.05, 0.1) is 0 Å². The summed E-state index contributed by atoms with van der Waals surface area (Å²) in [5, 5.41) is 19.8. The van der Waals surface area contributed by atoms with Crippen molar-refractivity contribution >= 4 is 17.4 Å². The first-order valence-electron chi connectivity index (χ1n) is 9.00. The van der Waals surface area contributed by atoms with Gasteiger partial charge < -0.3 is 14.7 Å². The maximum absolute atomic E-state index is 12.0. The molecular formula is C18H23N7O2. The molecule has 0 spiro atoms. The molecule has 1 saturated heterocycles. The van der Waals surface area contributed by atoms with Crippen molar-refractivity contribution in [3.63, 3.8) is 0 Å². The average Bonchev–Trinajstić information content (AvgIpc) is 3.18. The molecule has 3 aromatic rings. The molecule has 0 radical (unpaired) electrons.